The molecule has 0 aromatic heterocycles. The number of aliphatic imine (C=N–C) groups is 1. The number of hydrogen-bond donors (Lipinski definition) is 1. The Kier molecular flexibility index (Phi) is 4.39. The number of rotatable bonds is 1. The molecule has 0 aliphatic carbocycles. The Morgan fingerprint density at radius 2 is 1.92 bits per heavy atom. The molecule has 0 atom stereocenters. The van der Waals surface area contributed by atoms with Crippen LogP contribution in [-0.2, 0) is 11.0 Å². The molecular weight excluding hydrogens is 376 g/mol. The summed E-state index contributed by atoms with van der Waals surface area (Å²) in [6.45, 7) is -0.409. The maximum atomic E-state index is 14.3. The van der Waals surface area contributed by atoms with Crippen molar-refractivity contribution in [2.75, 3.05) is 18.5 Å². The van der Waals surface area contributed by atoms with Gasteiger partial charge in [-0.3, -0.25) is 9.79 Å². The number of alkyl halides is 3. The molecule has 0 spiro atoms. The summed E-state index contributed by atoms with van der Waals surface area (Å²) in [5.41, 5.74) is -1.78. The minimum absolute atomic E-state index is 0.0620. The molecule has 2 aromatic carbocycles. The number of anilines is 1. The lowest BCUT2D eigenvalue weighted by molar-refractivity contribution is -0.137. The molecule has 0 fully saturated rings. The SMILES string of the molecule is CN1C(=O)CN=C(c2cc(O)ccc2F)c2c1ccc(C(F)(F)F)c2Cl. The Morgan fingerprint density at radius 1 is 1.23 bits per heavy atom. The molecule has 2 aromatic rings. The molecule has 9 heteroatoms. The van der Waals surface area contributed by atoms with Gasteiger partial charge in [0.15, 0.2) is 0 Å². The van der Waals surface area contributed by atoms with Crippen molar-refractivity contribution in [3.05, 3.63) is 57.9 Å². The Bertz CT molecular complexity index is 941. The van der Waals surface area contributed by atoms with Crippen molar-refractivity contribution in [3.63, 3.8) is 0 Å². The number of benzene rings is 2. The second-order valence-electron chi connectivity index (χ2n) is 5.60. The van der Waals surface area contributed by atoms with Crippen molar-refractivity contribution in [3.8, 4) is 5.75 Å². The quantitative estimate of drug-likeness (QED) is 0.753. The number of amides is 1. The van der Waals surface area contributed by atoms with E-state index in [2.05, 4.69) is 4.99 Å². The average Bonchev–Trinajstić information content (AvgIpc) is 2.68. The van der Waals surface area contributed by atoms with Crippen LogP contribution < -0.4 is 4.90 Å². The monoisotopic (exact) mass is 386 g/mol. The van der Waals surface area contributed by atoms with E-state index in [-0.39, 0.29) is 28.3 Å². The summed E-state index contributed by atoms with van der Waals surface area (Å²) in [5, 5.41) is 8.94. The second kappa shape index (κ2) is 6.28. The zero-order valence-electron chi connectivity index (χ0n) is 13.2. The molecule has 3 rings (SSSR count). The summed E-state index contributed by atoms with van der Waals surface area (Å²) in [5.74, 6) is -1.63. The highest BCUT2D eigenvalue weighted by Gasteiger charge is 2.37. The van der Waals surface area contributed by atoms with E-state index in [0.29, 0.717) is 0 Å². The molecule has 4 nitrogen and oxygen atoms in total. The number of fused-ring (bicyclic) bond motifs is 1. The summed E-state index contributed by atoms with van der Waals surface area (Å²) in [4.78, 5) is 17.2. The fourth-order valence-corrected chi connectivity index (χ4v) is 3.03. The van der Waals surface area contributed by atoms with Gasteiger partial charge in [0.25, 0.3) is 0 Å². The van der Waals surface area contributed by atoms with Crippen molar-refractivity contribution in [1.29, 1.82) is 0 Å². The molecule has 1 amide bonds. The number of nitrogens with zero attached hydrogens (tertiary/aromatic N) is 2. The van der Waals surface area contributed by atoms with Gasteiger partial charge in [0.05, 0.1) is 22.0 Å². The molecule has 0 radical (unpaired) electrons. The van der Waals surface area contributed by atoms with Gasteiger partial charge < -0.3 is 10.0 Å². The van der Waals surface area contributed by atoms with Crippen LogP contribution in [0.2, 0.25) is 5.02 Å². The highest BCUT2D eigenvalue weighted by molar-refractivity contribution is 6.38. The van der Waals surface area contributed by atoms with E-state index in [4.69, 9.17) is 11.6 Å². The number of phenols is 1. The molecule has 1 N–H and O–H groups in total. The van der Waals surface area contributed by atoms with Crippen molar-refractivity contribution >= 4 is 28.9 Å². The molecule has 1 aliphatic rings. The van der Waals surface area contributed by atoms with Gasteiger partial charge in [0.2, 0.25) is 5.91 Å². The lowest BCUT2D eigenvalue weighted by Crippen LogP contribution is -2.28. The third-order valence-corrected chi connectivity index (χ3v) is 4.37. The van der Waals surface area contributed by atoms with Gasteiger partial charge in [-0.05, 0) is 30.3 Å². The van der Waals surface area contributed by atoms with Crippen molar-refractivity contribution in [1.82, 2.24) is 0 Å². The van der Waals surface area contributed by atoms with E-state index >= 15 is 0 Å². The van der Waals surface area contributed by atoms with Gasteiger partial charge >= 0.3 is 6.18 Å². The van der Waals surface area contributed by atoms with Crippen molar-refractivity contribution in [2.24, 2.45) is 4.99 Å². The lowest BCUT2D eigenvalue weighted by atomic mass is 9.97. The largest absolute Gasteiger partial charge is 0.508 e. The highest BCUT2D eigenvalue weighted by Crippen LogP contribution is 2.41. The molecule has 1 aliphatic heterocycles. The van der Waals surface area contributed by atoms with Crippen LogP contribution >= 0.6 is 11.6 Å². The van der Waals surface area contributed by atoms with E-state index in [1.165, 1.54) is 7.05 Å². The topological polar surface area (TPSA) is 52.9 Å². The van der Waals surface area contributed by atoms with Gasteiger partial charge in [-0.25, -0.2) is 4.39 Å². The Labute approximate surface area is 150 Å². The fraction of sp³-hybridized carbons (Fsp3) is 0.176. The zero-order valence-corrected chi connectivity index (χ0v) is 14.0. The summed E-state index contributed by atoms with van der Waals surface area (Å²) in [6, 6.07) is 4.90. The van der Waals surface area contributed by atoms with Crippen LogP contribution in [0, 0.1) is 5.82 Å². The van der Waals surface area contributed by atoms with Crippen molar-refractivity contribution in [2.45, 2.75) is 6.18 Å². The second-order valence-corrected chi connectivity index (χ2v) is 5.98. The first-order chi connectivity index (χ1) is 12.1. The Morgan fingerprint density at radius 3 is 2.58 bits per heavy atom. The van der Waals surface area contributed by atoms with Gasteiger partial charge in [-0.1, -0.05) is 11.6 Å². The first-order valence-corrected chi connectivity index (χ1v) is 7.69. The van der Waals surface area contributed by atoms with Crippen LogP contribution in [-0.4, -0.2) is 30.3 Å². The third-order valence-electron chi connectivity index (χ3n) is 3.98. The molecule has 1 heterocycles. The van der Waals surface area contributed by atoms with E-state index < -0.39 is 35.0 Å². The van der Waals surface area contributed by atoms with Crippen LogP contribution in [0.3, 0.4) is 0 Å². The summed E-state index contributed by atoms with van der Waals surface area (Å²) >= 11 is 6.01. The number of phenolic OH excluding ortho intramolecular Hbond substituents is 1. The summed E-state index contributed by atoms with van der Waals surface area (Å²) in [6.07, 6.45) is -4.75. The Hall–Kier alpha value is -2.61. The number of carbonyl (C=O) groups excluding carboxylic acids is 1. The highest BCUT2D eigenvalue weighted by atomic mass is 35.5. The van der Waals surface area contributed by atoms with E-state index in [1.807, 2.05) is 0 Å². The van der Waals surface area contributed by atoms with E-state index in [1.54, 1.807) is 0 Å². The van der Waals surface area contributed by atoms with Crippen LogP contribution in [0.4, 0.5) is 23.2 Å². The molecule has 0 saturated carbocycles. The average molecular weight is 387 g/mol. The van der Waals surface area contributed by atoms with Gasteiger partial charge in [-0.2, -0.15) is 13.2 Å². The van der Waals surface area contributed by atoms with E-state index in [9.17, 15) is 27.5 Å². The lowest BCUT2D eigenvalue weighted by Gasteiger charge is -2.21. The number of hydrogen-bond acceptors (Lipinski definition) is 3. The third kappa shape index (κ3) is 3.01. The summed E-state index contributed by atoms with van der Waals surface area (Å²) < 4.78 is 54.0. The van der Waals surface area contributed by atoms with Crippen LogP contribution in [0.5, 0.6) is 5.75 Å². The van der Waals surface area contributed by atoms with Crippen LogP contribution in [0.25, 0.3) is 0 Å². The van der Waals surface area contributed by atoms with Crippen LogP contribution in [0.15, 0.2) is 35.3 Å². The number of likely N-dealkylation sites (N-methyl/N-ethyl adjacent to an activating group) is 1. The first kappa shape index (κ1) is 18.2. The molecule has 0 saturated heterocycles. The minimum Gasteiger partial charge on any atom is -0.508 e. The number of aromatic hydroxyl groups is 1. The maximum absolute atomic E-state index is 14.3. The smallest absolute Gasteiger partial charge is 0.417 e. The van der Waals surface area contributed by atoms with Gasteiger partial charge in [0, 0.05) is 18.2 Å². The molecular formula is C17H11ClF4N2O2. The maximum Gasteiger partial charge on any atom is 0.417 e. The fourth-order valence-electron chi connectivity index (χ4n) is 2.67. The number of halogens is 5. The number of benzodiazepines with no additional fused rings is 1. The Balaban J connectivity index is 2.37. The molecule has 0 bridgehead atoms. The van der Waals surface area contributed by atoms with E-state index in [0.717, 1.165) is 35.2 Å². The molecule has 0 unspecified atom stereocenters. The number of carbonyl (C=O) groups is 1. The van der Waals surface area contributed by atoms with Crippen molar-refractivity contribution < 1.29 is 27.5 Å². The first-order valence-electron chi connectivity index (χ1n) is 7.31. The predicted octanol–water partition coefficient (Wildman–Crippen LogP) is 4.02. The minimum atomic E-state index is -4.75. The predicted molar refractivity (Wildman–Crippen MR) is 88.4 cm³/mol. The standard InChI is InChI=1S/C17H11ClF4N2O2/c1-24-12-5-3-10(17(20,21)22)15(18)14(12)16(23-7-13(24)26)9-6-8(25)2-4-11(9)19/h2-6,25H,7H2,1H3. The molecule has 26 heavy (non-hydrogen) atoms. The van der Waals surface area contributed by atoms with Crippen LogP contribution in [0.1, 0.15) is 16.7 Å². The van der Waals surface area contributed by atoms with Gasteiger partial charge in [0.1, 0.15) is 18.1 Å². The normalized spacial score (nSPS) is 14.8. The van der Waals surface area contributed by atoms with Gasteiger partial charge in [-0.15, -0.1) is 0 Å². The summed E-state index contributed by atoms with van der Waals surface area (Å²) in [7, 11) is 1.36. The zero-order chi connectivity index (χ0) is 19.2. The molecule has 136 valence electrons.